The minimum atomic E-state index is -3.52. The fraction of sp³-hybridized carbons (Fsp3) is 0.444. The van der Waals surface area contributed by atoms with Crippen molar-refractivity contribution in [3.05, 3.63) is 15.9 Å². The average molecular weight is 307 g/mol. The highest BCUT2D eigenvalue weighted by Gasteiger charge is 2.20. The lowest BCUT2D eigenvalue weighted by Crippen LogP contribution is -2.24. The molecule has 0 aliphatic rings. The molecule has 0 N–H and O–H groups in total. The zero-order valence-corrected chi connectivity index (χ0v) is 12.4. The summed E-state index contributed by atoms with van der Waals surface area (Å²) in [5, 5.41) is 5.11. The second-order valence-electron chi connectivity index (χ2n) is 3.40. The Kier molecular flexibility index (Phi) is 4.84. The van der Waals surface area contributed by atoms with E-state index in [1.165, 1.54) is 18.8 Å². The molecule has 0 aromatic carbocycles. The first-order valence-electron chi connectivity index (χ1n) is 4.90. The van der Waals surface area contributed by atoms with Gasteiger partial charge in [-0.3, -0.25) is 0 Å². The zero-order chi connectivity index (χ0) is 14.6. The molecule has 8 nitrogen and oxygen atoms in total. The molecule has 0 radical (unpaired) electrons. The number of carbonyl (C=O) groups excluding carboxylic acids is 1. The van der Waals surface area contributed by atoms with E-state index in [0.29, 0.717) is 5.69 Å². The number of nitrogens with zero attached hydrogens (tertiary/aromatic N) is 3. The van der Waals surface area contributed by atoms with E-state index in [2.05, 4.69) is 19.1 Å². The van der Waals surface area contributed by atoms with Crippen LogP contribution in [-0.4, -0.2) is 45.1 Å². The summed E-state index contributed by atoms with van der Waals surface area (Å²) in [7, 11) is 0.535. The topological polar surface area (TPSA) is 99.3 Å². The maximum Gasteiger partial charge on any atom is 0.362 e. The first-order chi connectivity index (χ1) is 8.80. The van der Waals surface area contributed by atoms with Crippen molar-refractivity contribution < 1.29 is 22.8 Å². The Morgan fingerprint density at radius 3 is 2.53 bits per heavy atom. The number of esters is 1. The molecule has 10 heteroatoms. The Morgan fingerprint density at radius 2 is 2.05 bits per heavy atom. The standard InChI is InChI=1S/C9H13N3O5S2/c1-12-6(7(10-17-3)8(13)16-2)5-18-9(12)11-19(4,14)15/h5H,1-4H3/b10-7+,11-9-. The molecule has 0 unspecified atom stereocenters. The fourth-order valence-electron chi connectivity index (χ4n) is 1.19. The smallest absolute Gasteiger partial charge is 0.362 e. The number of aromatic nitrogens is 1. The Bertz CT molecular complexity index is 668. The molecule has 0 fully saturated rings. The fourth-order valence-corrected chi connectivity index (χ4v) is 2.91. The van der Waals surface area contributed by atoms with Crippen LogP contribution in [-0.2, 0) is 31.4 Å². The molecule has 1 heterocycles. The Morgan fingerprint density at radius 1 is 1.42 bits per heavy atom. The summed E-state index contributed by atoms with van der Waals surface area (Å²) in [6, 6.07) is 0. The number of methoxy groups -OCH3 is 1. The Labute approximate surface area is 114 Å². The van der Waals surface area contributed by atoms with Crippen LogP contribution in [0.15, 0.2) is 14.9 Å². The molecule has 1 rings (SSSR count). The highest BCUT2D eigenvalue weighted by Crippen LogP contribution is 2.05. The summed E-state index contributed by atoms with van der Waals surface area (Å²) >= 11 is 1.06. The van der Waals surface area contributed by atoms with Gasteiger partial charge in [-0.2, -0.15) is 0 Å². The predicted molar refractivity (Wildman–Crippen MR) is 69.3 cm³/mol. The van der Waals surface area contributed by atoms with E-state index in [0.717, 1.165) is 17.6 Å². The summed E-state index contributed by atoms with van der Waals surface area (Å²) in [5.74, 6) is -0.693. The molecule has 0 amide bonds. The summed E-state index contributed by atoms with van der Waals surface area (Å²) in [5.41, 5.74) is 0.278. The molecule has 0 aliphatic carbocycles. The lowest BCUT2D eigenvalue weighted by atomic mass is 10.3. The van der Waals surface area contributed by atoms with Gasteiger partial charge in [0.05, 0.1) is 19.1 Å². The average Bonchev–Trinajstić information content (AvgIpc) is 2.65. The van der Waals surface area contributed by atoms with E-state index in [4.69, 9.17) is 0 Å². The van der Waals surface area contributed by atoms with E-state index in [-0.39, 0.29) is 10.5 Å². The van der Waals surface area contributed by atoms with E-state index < -0.39 is 16.0 Å². The second kappa shape index (κ2) is 5.97. The number of oxime groups is 1. The molecular weight excluding hydrogens is 294 g/mol. The number of thiazole rings is 1. The van der Waals surface area contributed by atoms with E-state index in [1.807, 2.05) is 0 Å². The first kappa shape index (κ1) is 15.4. The SMILES string of the molecule is CO/N=C(/C(=O)OC)c1cs/c(=N\S(C)(=O)=O)n1C. The van der Waals surface area contributed by atoms with Crippen molar-refractivity contribution in [3.63, 3.8) is 0 Å². The van der Waals surface area contributed by atoms with Gasteiger partial charge in [-0.1, -0.05) is 5.16 Å². The van der Waals surface area contributed by atoms with Crippen LogP contribution in [0.4, 0.5) is 0 Å². The molecule has 19 heavy (non-hydrogen) atoms. The zero-order valence-electron chi connectivity index (χ0n) is 10.8. The molecule has 0 saturated heterocycles. The van der Waals surface area contributed by atoms with Crippen LogP contribution in [0.2, 0.25) is 0 Å². The van der Waals surface area contributed by atoms with Gasteiger partial charge in [0.15, 0.2) is 0 Å². The maximum absolute atomic E-state index is 11.6. The van der Waals surface area contributed by atoms with Crippen molar-refractivity contribution in [1.82, 2.24) is 4.57 Å². The molecule has 0 bridgehead atoms. The minimum absolute atomic E-state index is 0.0706. The number of ether oxygens (including phenoxy) is 1. The van der Waals surface area contributed by atoms with Crippen LogP contribution in [0.3, 0.4) is 0 Å². The van der Waals surface area contributed by atoms with E-state index in [1.54, 1.807) is 12.4 Å². The van der Waals surface area contributed by atoms with E-state index in [9.17, 15) is 13.2 Å². The first-order valence-corrected chi connectivity index (χ1v) is 7.63. The van der Waals surface area contributed by atoms with Crippen molar-refractivity contribution in [2.45, 2.75) is 0 Å². The van der Waals surface area contributed by atoms with Gasteiger partial charge >= 0.3 is 5.97 Å². The van der Waals surface area contributed by atoms with Crippen LogP contribution < -0.4 is 4.80 Å². The van der Waals surface area contributed by atoms with Gasteiger partial charge in [0.2, 0.25) is 10.5 Å². The van der Waals surface area contributed by atoms with Crippen LogP contribution in [0.1, 0.15) is 5.69 Å². The predicted octanol–water partition coefficient (Wildman–Crippen LogP) is -0.530. The molecule has 1 aromatic rings. The summed E-state index contributed by atoms with van der Waals surface area (Å²) in [4.78, 5) is 16.3. The van der Waals surface area contributed by atoms with Gasteiger partial charge in [-0.05, 0) is 0 Å². The van der Waals surface area contributed by atoms with Crippen LogP contribution in [0.25, 0.3) is 0 Å². The quantitative estimate of drug-likeness (QED) is 0.423. The van der Waals surface area contributed by atoms with Crippen LogP contribution in [0, 0.1) is 0 Å². The molecule has 0 atom stereocenters. The van der Waals surface area contributed by atoms with E-state index >= 15 is 0 Å². The van der Waals surface area contributed by atoms with Gasteiger partial charge < -0.3 is 14.1 Å². The monoisotopic (exact) mass is 307 g/mol. The highest BCUT2D eigenvalue weighted by molar-refractivity contribution is 7.89. The van der Waals surface area contributed by atoms with Crippen molar-refractivity contribution in [3.8, 4) is 0 Å². The second-order valence-corrected chi connectivity index (χ2v) is 5.89. The number of rotatable bonds is 4. The van der Waals surface area contributed by atoms with Crippen molar-refractivity contribution in [1.29, 1.82) is 0 Å². The Hall–Kier alpha value is -1.68. The van der Waals surface area contributed by atoms with Crippen LogP contribution in [0.5, 0.6) is 0 Å². The molecule has 106 valence electrons. The summed E-state index contributed by atoms with van der Waals surface area (Å²) < 4.78 is 31.8. The maximum atomic E-state index is 11.6. The summed E-state index contributed by atoms with van der Waals surface area (Å²) in [6.07, 6.45) is 0.983. The molecule has 1 aromatic heterocycles. The summed E-state index contributed by atoms with van der Waals surface area (Å²) in [6.45, 7) is 0. The third kappa shape index (κ3) is 3.89. The van der Waals surface area contributed by atoms with Gasteiger partial charge in [0.25, 0.3) is 10.0 Å². The van der Waals surface area contributed by atoms with Gasteiger partial charge in [-0.25, -0.2) is 13.2 Å². The normalized spacial score (nSPS) is 13.5. The van der Waals surface area contributed by atoms with Gasteiger partial charge in [0, 0.05) is 12.4 Å². The molecular formula is C9H13N3O5S2. The number of hydrogen-bond donors (Lipinski definition) is 0. The minimum Gasteiger partial charge on any atom is -0.464 e. The molecule has 0 spiro atoms. The van der Waals surface area contributed by atoms with Crippen molar-refractivity contribution in [2.75, 3.05) is 20.5 Å². The largest absolute Gasteiger partial charge is 0.464 e. The van der Waals surface area contributed by atoms with Gasteiger partial charge in [-0.15, -0.1) is 15.7 Å². The Balaban J connectivity index is 3.42. The van der Waals surface area contributed by atoms with Crippen molar-refractivity contribution >= 4 is 33.0 Å². The lowest BCUT2D eigenvalue weighted by Gasteiger charge is -2.04. The number of carbonyl (C=O) groups is 1. The van der Waals surface area contributed by atoms with Gasteiger partial charge in [0.1, 0.15) is 7.11 Å². The molecule has 0 aliphatic heterocycles. The number of sulfonamides is 1. The lowest BCUT2D eigenvalue weighted by molar-refractivity contribution is -0.132. The third-order valence-corrected chi connectivity index (χ3v) is 3.51. The highest BCUT2D eigenvalue weighted by atomic mass is 32.2. The third-order valence-electron chi connectivity index (χ3n) is 1.97. The number of hydrogen-bond acceptors (Lipinski definition) is 7. The van der Waals surface area contributed by atoms with Crippen LogP contribution >= 0.6 is 11.3 Å². The van der Waals surface area contributed by atoms with Crippen molar-refractivity contribution in [2.24, 2.45) is 16.6 Å². The molecule has 0 saturated carbocycles.